The summed E-state index contributed by atoms with van der Waals surface area (Å²) in [4.78, 5) is 17.4. The second-order valence-corrected chi connectivity index (χ2v) is 12.0. The Kier molecular flexibility index (Phi) is 6.57. The molecule has 1 aliphatic heterocycles. The Morgan fingerprint density at radius 3 is 2.31 bits per heavy atom. The van der Waals surface area contributed by atoms with Crippen molar-refractivity contribution in [3.63, 3.8) is 0 Å². The molecule has 6 nitrogen and oxygen atoms in total. The minimum Gasteiger partial charge on any atom is -0.449 e. The molecule has 39 heavy (non-hydrogen) atoms. The predicted molar refractivity (Wildman–Crippen MR) is 157 cm³/mol. The summed E-state index contributed by atoms with van der Waals surface area (Å²) in [5.74, 6) is 0.00565. The summed E-state index contributed by atoms with van der Waals surface area (Å²) in [6.07, 6.45) is 1.53. The number of ether oxygens (including phenoxy) is 1. The van der Waals surface area contributed by atoms with Gasteiger partial charge in [-0.15, -0.1) is 11.3 Å². The van der Waals surface area contributed by atoms with E-state index < -0.39 is 24.4 Å². The Labute approximate surface area is 233 Å². The topological polar surface area (TPSA) is 69.7 Å². The maximum atomic E-state index is 12.9. The van der Waals surface area contributed by atoms with Crippen molar-refractivity contribution in [1.29, 1.82) is 0 Å². The van der Waals surface area contributed by atoms with Gasteiger partial charge < -0.3 is 19.4 Å². The Bertz CT molecular complexity index is 1520. The van der Waals surface area contributed by atoms with Gasteiger partial charge in [-0.3, -0.25) is 0 Å². The van der Waals surface area contributed by atoms with Gasteiger partial charge in [0, 0.05) is 12.5 Å². The SMILES string of the molecule is CC1(C)OB(C(=Cc2ccc3scnc3c2)CNC(=O)OCC2c3ccccc3-c3ccccc32)OC1(C)C. The monoisotopic (exact) mass is 538 g/mol. The summed E-state index contributed by atoms with van der Waals surface area (Å²) >= 11 is 1.61. The normalized spacial score (nSPS) is 17.7. The minimum absolute atomic E-state index is 0.00565. The summed E-state index contributed by atoms with van der Waals surface area (Å²) in [6.45, 7) is 8.56. The molecule has 2 aliphatic rings. The van der Waals surface area contributed by atoms with Crippen molar-refractivity contribution in [3.8, 4) is 11.1 Å². The van der Waals surface area contributed by atoms with Crippen LogP contribution in [0, 0.1) is 0 Å². The van der Waals surface area contributed by atoms with Crippen molar-refractivity contribution in [3.05, 3.63) is 94.4 Å². The van der Waals surface area contributed by atoms with Gasteiger partial charge in [-0.25, -0.2) is 9.78 Å². The third-order valence-electron chi connectivity index (χ3n) is 8.04. The van der Waals surface area contributed by atoms with E-state index in [1.165, 1.54) is 22.3 Å². The van der Waals surface area contributed by atoms with Crippen LogP contribution in [0.1, 0.15) is 50.3 Å². The van der Waals surface area contributed by atoms with Gasteiger partial charge >= 0.3 is 13.2 Å². The lowest BCUT2D eigenvalue weighted by molar-refractivity contribution is 0.00578. The van der Waals surface area contributed by atoms with Crippen LogP contribution in [-0.2, 0) is 14.0 Å². The zero-order valence-corrected chi connectivity index (χ0v) is 23.4. The first-order valence-electron chi connectivity index (χ1n) is 13.2. The maximum Gasteiger partial charge on any atom is 0.492 e. The number of nitrogens with zero attached hydrogens (tertiary/aromatic N) is 1. The van der Waals surface area contributed by atoms with Crippen LogP contribution in [0.4, 0.5) is 4.79 Å². The number of thiazole rings is 1. The molecule has 4 aromatic rings. The predicted octanol–water partition coefficient (Wildman–Crippen LogP) is 6.85. The molecule has 1 saturated heterocycles. The third-order valence-corrected chi connectivity index (χ3v) is 8.85. The number of nitrogens with one attached hydrogen (secondary N) is 1. The first-order valence-corrected chi connectivity index (χ1v) is 14.1. The molecule has 1 aliphatic carbocycles. The largest absolute Gasteiger partial charge is 0.492 e. The molecule has 0 unspecified atom stereocenters. The summed E-state index contributed by atoms with van der Waals surface area (Å²) in [7, 11) is -0.602. The summed E-state index contributed by atoms with van der Waals surface area (Å²) in [6, 6.07) is 22.7. The molecule has 0 radical (unpaired) electrons. The lowest BCUT2D eigenvalue weighted by Crippen LogP contribution is -2.41. The van der Waals surface area contributed by atoms with Gasteiger partial charge in [-0.05, 0) is 73.1 Å². The molecule has 1 amide bonds. The molecule has 0 saturated carbocycles. The molecule has 6 rings (SSSR count). The van der Waals surface area contributed by atoms with E-state index in [1.807, 2.05) is 75.7 Å². The van der Waals surface area contributed by atoms with Crippen molar-refractivity contribution in [2.75, 3.05) is 13.2 Å². The molecule has 0 atom stereocenters. The fourth-order valence-corrected chi connectivity index (χ4v) is 5.86. The van der Waals surface area contributed by atoms with E-state index in [2.05, 4.69) is 40.6 Å². The highest BCUT2D eigenvalue weighted by molar-refractivity contribution is 7.16. The average molecular weight is 538 g/mol. The van der Waals surface area contributed by atoms with Crippen molar-refractivity contribution in [1.82, 2.24) is 10.3 Å². The molecule has 1 aromatic heterocycles. The van der Waals surface area contributed by atoms with Crippen LogP contribution < -0.4 is 5.32 Å². The van der Waals surface area contributed by atoms with E-state index in [4.69, 9.17) is 14.0 Å². The molecule has 198 valence electrons. The Morgan fingerprint density at radius 2 is 1.64 bits per heavy atom. The number of hydrogen-bond donors (Lipinski definition) is 1. The van der Waals surface area contributed by atoms with Crippen LogP contribution in [0.3, 0.4) is 0 Å². The Morgan fingerprint density at radius 1 is 1.00 bits per heavy atom. The summed E-state index contributed by atoms with van der Waals surface area (Å²) in [5, 5.41) is 2.94. The molecule has 0 bridgehead atoms. The van der Waals surface area contributed by atoms with E-state index in [0.717, 1.165) is 21.3 Å². The van der Waals surface area contributed by atoms with Crippen LogP contribution in [0.5, 0.6) is 0 Å². The fourth-order valence-electron chi connectivity index (χ4n) is 5.20. The van der Waals surface area contributed by atoms with E-state index in [0.29, 0.717) is 0 Å². The number of carbonyl (C=O) groups excluding carboxylic acids is 1. The second kappa shape index (κ2) is 9.94. The highest BCUT2D eigenvalue weighted by atomic mass is 32.1. The Hall–Kier alpha value is -3.46. The summed E-state index contributed by atoms with van der Waals surface area (Å²) < 4.78 is 19.5. The fraction of sp³-hybridized carbons (Fsp3) is 0.290. The van der Waals surface area contributed by atoms with Gasteiger partial charge in [-0.2, -0.15) is 0 Å². The Balaban J connectivity index is 1.18. The highest BCUT2D eigenvalue weighted by Crippen LogP contribution is 2.44. The van der Waals surface area contributed by atoms with Gasteiger partial charge in [0.25, 0.3) is 0 Å². The maximum absolute atomic E-state index is 12.9. The number of hydrogen-bond acceptors (Lipinski definition) is 6. The highest BCUT2D eigenvalue weighted by Gasteiger charge is 2.52. The smallest absolute Gasteiger partial charge is 0.449 e. The van der Waals surface area contributed by atoms with Crippen LogP contribution in [0.2, 0.25) is 0 Å². The van der Waals surface area contributed by atoms with Crippen LogP contribution >= 0.6 is 11.3 Å². The molecule has 8 heteroatoms. The first kappa shape index (κ1) is 25.8. The first-order chi connectivity index (χ1) is 18.7. The molecule has 1 N–H and O–H groups in total. The summed E-state index contributed by atoms with van der Waals surface area (Å²) in [5.41, 5.74) is 8.31. The molecule has 0 spiro atoms. The standard InChI is InChI=1S/C31H31BN2O4S/c1-30(2)31(3,4)38-32(37-30)21(15-20-13-14-28-27(16-20)34-19-39-28)17-33-29(35)36-18-26-24-11-7-5-9-22(24)23-10-6-8-12-25(23)26/h5-16,19,26H,17-18H2,1-4H3,(H,33,35). The van der Waals surface area contributed by atoms with E-state index in [9.17, 15) is 4.79 Å². The van der Waals surface area contributed by atoms with Gasteiger partial charge in [0.1, 0.15) is 6.61 Å². The van der Waals surface area contributed by atoms with Crippen molar-refractivity contribution in [2.24, 2.45) is 0 Å². The number of fused-ring (bicyclic) bond motifs is 4. The van der Waals surface area contributed by atoms with Crippen molar-refractivity contribution in [2.45, 2.75) is 44.8 Å². The third kappa shape index (κ3) is 4.89. The van der Waals surface area contributed by atoms with Crippen molar-refractivity contribution < 1.29 is 18.8 Å². The van der Waals surface area contributed by atoms with Gasteiger partial charge in [0.15, 0.2) is 0 Å². The number of alkyl carbamates (subject to hydrolysis) is 1. The zero-order chi connectivity index (χ0) is 27.2. The van der Waals surface area contributed by atoms with Crippen LogP contribution in [0.15, 0.2) is 77.7 Å². The minimum atomic E-state index is -0.602. The lowest BCUT2D eigenvalue weighted by Gasteiger charge is -2.32. The van der Waals surface area contributed by atoms with Gasteiger partial charge in [0.05, 0.1) is 26.9 Å². The second-order valence-electron chi connectivity index (χ2n) is 11.1. The number of rotatable bonds is 6. The molecular weight excluding hydrogens is 507 g/mol. The van der Waals surface area contributed by atoms with Gasteiger partial charge in [-0.1, -0.05) is 60.7 Å². The van der Waals surface area contributed by atoms with E-state index in [1.54, 1.807) is 11.3 Å². The number of aromatic nitrogens is 1. The average Bonchev–Trinajstić information content (AvgIpc) is 3.57. The van der Waals surface area contributed by atoms with Crippen LogP contribution in [-0.4, -0.2) is 42.5 Å². The van der Waals surface area contributed by atoms with Crippen LogP contribution in [0.25, 0.3) is 27.4 Å². The number of carbonyl (C=O) groups is 1. The molecular formula is C31H31BN2O4S. The van der Waals surface area contributed by atoms with E-state index in [-0.39, 0.29) is 19.1 Å². The molecule has 1 fully saturated rings. The number of benzene rings is 3. The molecule has 3 aromatic carbocycles. The van der Waals surface area contributed by atoms with Crippen molar-refractivity contribution >= 4 is 40.8 Å². The molecule has 2 heterocycles. The zero-order valence-electron chi connectivity index (χ0n) is 22.6. The number of amides is 1. The lowest BCUT2D eigenvalue weighted by atomic mass is 9.77. The van der Waals surface area contributed by atoms with E-state index >= 15 is 0 Å². The van der Waals surface area contributed by atoms with Gasteiger partial charge in [0.2, 0.25) is 0 Å². The quantitative estimate of drug-likeness (QED) is 0.272.